The quantitative estimate of drug-likeness (QED) is 0.845. The van der Waals surface area contributed by atoms with Gasteiger partial charge in [0.25, 0.3) is 0 Å². The molecular weight excluding hydrogens is 262 g/mol. The SMILES string of the molecule is COC(=O)c1cc(C)ccc1NC1CCCC(C2CC2)C1. The Bertz CT molecular complexity index is 522. The van der Waals surface area contributed by atoms with Crippen LogP contribution >= 0.6 is 0 Å². The van der Waals surface area contributed by atoms with Gasteiger partial charge >= 0.3 is 5.97 Å². The highest BCUT2D eigenvalue weighted by Crippen LogP contribution is 2.44. The van der Waals surface area contributed by atoms with E-state index in [1.54, 1.807) is 0 Å². The van der Waals surface area contributed by atoms with Gasteiger partial charge in [-0.1, -0.05) is 24.5 Å². The van der Waals surface area contributed by atoms with Crippen LogP contribution in [0.4, 0.5) is 5.69 Å². The Kier molecular flexibility index (Phi) is 4.18. The molecule has 3 rings (SSSR count). The molecule has 1 aromatic carbocycles. The average molecular weight is 287 g/mol. The summed E-state index contributed by atoms with van der Waals surface area (Å²) in [6.45, 7) is 2.00. The molecule has 2 unspecified atom stereocenters. The second-order valence-electron chi connectivity index (χ2n) is 6.65. The van der Waals surface area contributed by atoms with Crippen LogP contribution in [0.15, 0.2) is 18.2 Å². The number of carbonyl (C=O) groups excluding carboxylic acids is 1. The van der Waals surface area contributed by atoms with Gasteiger partial charge in [-0.25, -0.2) is 4.79 Å². The molecule has 0 bridgehead atoms. The van der Waals surface area contributed by atoms with Crippen LogP contribution in [0.1, 0.15) is 54.4 Å². The Morgan fingerprint density at radius 1 is 1.19 bits per heavy atom. The maximum absolute atomic E-state index is 11.9. The van der Waals surface area contributed by atoms with Crippen molar-refractivity contribution in [3.8, 4) is 0 Å². The van der Waals surface area contributed by atoms with Crippen LogP contribution in [-0.2, 0) is 4.74 Å². The van der Waals surface area contributed by atoms with Gasteiger partial charge < -0.3 is 10.1 Å². The summed E-state index contributed by atoms with van der Waals surface area (Å²) in [5.74, 6) is 1.62. The van der Waals surface area contributed by atoms with E-state index in [0.29, 0.717) is 11.6 Å². The van der Waals surface area contributed by atoms with Crippen molar-refractivity contribution in [2.45, 2.75) is 51.5 Å². The molecule has 1 N–H and O–H groups in total. The lowest BCUT2D eigenvalue weighted by Gasteiger charge is -2.31. The summed E-state index contributed by atoms with van der Waals surface area (Å²) in [5.41, 5.74) is 2.67. The van der Waals surface area contributed by atoms with Crippen LogP contribution in [-0.4, -0.2) is 19.1 Å². The number of esters is 1. The molecule has 114 valence electrons. The first-order valence-electron chi connectivity index (χ1n) is 8.13. The van der Waals surface area contributed by atoms with Crippen molar-refractivity contribution in [1.29, 1.82) is 0 Å². The van der Waals surface area contributed by atoms with Gasteiger partial charge in [0.15, 0.2) is 0 Å². The highest BCUT2D eigenvalue weighted by Gasteiger charge is 2.34. The third kappa shape index (κ3) is 3.39. The smallest absolute Gasteiger partial charge is 0.339 e. The van der Waals surface area contributed by atoms with E-state index in [1.165, 1.54) is 45.6 Å². The maximum atomic E-state index is 11.9. The molecular formula is C18H25NO2. The molecule has 3 nitrogen and oxygen atoms in total. The molecule has 0 aromatic heterocycles. The molecule has 3 heteroatoms. The zero-order chi connectivity index (χ0) is 14.8. The number of nitrogens with one attached hydrogen (secondary N) is 1. The van der Waals surface area contributed by atoms with Crippen molar-refractivity contribution in [1.82, 2.24) is 0 Å². The molecule has 0 radical (unpaired) electrons. The first kappa shape index (κ1) is 14.4. The van der Waals surface area contributed by atoms with Crippen LogP contribution in [0.3, 0.4) is 0 Å². The highest BCUT2D eigenvalue weighted by molar-refractivity contribution is 5.95. The molecule has 0 aliphatic heterocycles. The summed E-state index contributed by atoms with van der Waals surface area (Å²) in [5, 5.41) is 3.60. The lowest BCUT2D eigenvalue weighted by molar-refractivity contribution is 0.0601. The molecule has 1 aromatic rings. The molecule has 2 saturated carbocycles. The van der Waals surface area contributed by atoms with Crippen molar-refractivity contribution in [3.63, 3.8) is 0 Å². The monoisotopic (exact) mass is 287 g/mol. The van der Waals surface area contributed by atoms with Crippen LogP contribution in [0, 0.1) is 18.8 Å². The number of hydrogen-bond donors (Lipinski definition) is 1. The fraction of sp³-hybridized carbons (Fsp3) is 0.611. The van der Waals surface area contributed by atoms with Gasteiger partial charge in [-0.05, 0) is 56.6 Å². The maximum Gasteiger partial charge on any atom is 0.339 e. The van der Waals surface area contributed by atoms with E-state index in [9.17, 15) is 4.79 Å². The van der Waals surface area contributed by atoms with Crippen LogP contribution in [0.2, 0.25) is 0 Å². The minimum atomic E-state index is -0.254. The molecule has 0 saturated heterocycles. The van der Waals surface area contributed by atoms with Crippen LogP contribution in [0.25, 0.3) is 0 Å². The van der Waals surface area contributed by atoms with E-state index in [0.717, 1.165) is 23.1 Å². The molecule has 2 atom stereocenters. The number of benzene rings is 1. The molecule has 0 spiro atoms. The Labute approximate surface area is 127 Å². The van der Waals surface area contributed by atoms with E-state index in [4.69, 9.17) is 4.74 Å². The van der Waals surface area contributed by atoms with Crippen molar-refractivity contribution in [2.24, 2.45) is 11.8 Å². The third-order valence-corrected chi connectivity index (χ3v) is 4.94. The minimum absolute atomic E-state index is 0.254. The summed E-state index contributed by atoms with van der Waals surface area (Å²) >= 11 is 0. The van der Waals surface area contributed by atoms with E-state index in [1.807, 2.05) is 19.1 Å². The topological polar surface area (TPSA) is 38.3 Å². The number of aryl methyl sites for hydroxylation is 1. The number of rotatable bonds is 4. The van der Waals surface area contributed by atoms with E-state index in [-0.39, 0.29) is 5.97 Å². The predicted octanol–water partition coefficient (Wildman–Crippen LogP) is 4.16. The predicted molar refractivity (Wildman–Crippen MR) is 84.6 cm³/mol. The number of hydrogen-bond acceptors (Lipinski definition) is 3. The lowest BCUT2D eigenvalue weighted by Crippen LogP contribution is -2.29. The Hall–Kier alpha value is -1.51. The zero-order valence-electron chi connectivity index (χ0n) is 13.0. The van der Waals surface area contributed by atoms with Crippen molar-refractivity contribution < 1.29 is 9.53 Å². The van der Waals surface area contributed by atoms with E-state index < -0.39 is 0 Å². The Morgan fingerprint density at radius 2 is 2.00 bits per heavy atom. The fourth-order valence-electron chi connectivity index (χ4n) is 3.64. The van der Waals surface area contributed by atoms with E-state index in [2.05, 4.69) is 11.4 Å². The van der Waals surface area contributed by atoms with Crippen LogP contribution in [0.5, 0.6) is 0 Å². The summed E-state index contributed by atoms with van der Waals surface area (Å²) in [7, 11) is 1.44. The van der Waals surface area contributed by atoms with E-state index >= 15 is 0 Å². The summed E-state index contributed by atoms with van der Waals surface area (Å²) < 4.78 is 4.91. The first-order valence-corrected chi connectivity index (χ1v) is 8.13. The average Bonchev–Trinajstić information content (AvgIpc) is 3.33. The van der Waals surface area contributed by atoms with Gasteiger partial charge in [-0.3, -0.25) is 0 Å². The second kappa shape index (κ2) is 6.08. The lowest BCUT2D eigenvalue weighted by atomic mass is 9.82. The molecule has 2 aliphatic rings. The van der Waals surface area contributed by atoms with Gasteiger partial charge in [0.05, 0.1) is 12.7 Å². The summed E-state index contributed by atoms with van der Waals surface area (Å²) in [6, 6.07) is 6.48. The molecule has 0 amide bonds. The van der Waals surface area contributed by atoms with Crippen molar-refractivity contribution >= 4 is 11.7 Å². The molecule has 21 heavy (non-hydrogen) atoms. The van der Waals surface area contributed by atoms with Gasteiger partial charge in [0.2, 0.25) is 0 Å². The van der Waals surface area contributed by atoms with Gasteiger partial charge in [-0.15, -0.1) is 0 Å². The van der Waals surface area contributed by atoms with Gasteiger partial charge in [-0.2, -0.15) is 0 Å². The number of ether oxygens (including phenoxy) is 1. The van der Waals surface area contributed by atoms with Crippen molar-refractivity contribution in [3.05, 3.63) is 29.3 Å². The summed E-state index contributed by atoms with van der Waals surface area (Å²) in [4.78, 5) is 11.9. The van der Waals surface area contributed by atoms with Gasteiger partial charge in [0.1, 0.15) is 0 Å². The fourth-order valence-corrected chi connectivity index (χ4v) is 3.64. The standard InChI is InChI=1S/C18H25NO2/c1-12-6-9-17(16(10-12)18(20)21-2)19-15-5-3-4-14(11-15)13-7-8-13/h6,9-10,13-15,19H,3-5,7-8,11H2,1-2H3. The number of carbonyl (C=O) groups is 1. The summed E-state index contributed by atoms with van der Waals surface area (Å²) in [6.07, 6.45) is 8.00. The molecule has 0 heterocycles. The molecule has 2 fully saturated rings. The molecule has 2 aliphatic carbocycles. The third-order valence-electron chi connectivity index (χ3n) is 4.94. The second-order valence-corrected chi connectivity index (χ2v) is 6.65. The number of methoxy groups -OCH3 is 1. The minimum Gasteiger partial charge on any atom is -0.465 e. The van der Waals surface area contributed by atoms with Gasteiger partial charge in [0, 0.05) is 11.7 Å². The van der Waals surface area contributed by atoms with Crippen LogP contribution < -0.4 is 5.32 Å². The normalized spacial score (nSPS) is 25.4. The number of anilines is 1. The largest absolute Gasteiger partial charge is 0.465 e. The Balaban J connectivity index is 1.72. The highest BCUT2D eigenvalue weighted by atomic mass is 16.5. The Morgan fingerprint density at radius 3 is 2.71 bits per heavy atom. The van der Waals surface area contributed by atoms with Crippen molar-refractivity contribution in [2.75, 3.05) is 12.4 Å². The zero-order valence-corrected chi connectivity index (χ0v) is 13.0. The first-order chi connectivity index (χ1) is 10.2.